The maximum atomic E-state index is 12.8. The molecule has 1 heterocycles. The highest BCUT2D eigenvalue weighted by molar-refractivity contribution is 7.99. The van der Waals surface area contributed by atoms with Gasteiger partial charge in [0, 0.05) is 28.3 Å². The molecule has 1 atom stereocenters. The molecule has 2 amide bonds. The van der Waals surface area contributed by atoms with Crippen molar-refractivity contribution >= 4 is 64.0 Å². The fourth-order valence-electron chi connectivity index (χ4n) is 3.69. The molecular weight excluding hydrogens is 544 g/mol. The Morgan fingerprint density at radius 1 is 1.00 bits per heavy atom. The van der Waals surface area contributed by atoms with Gasteiger partial charge >= 0.3 is 5.97 Å². The topological polar surface area (TPSA) is 113 Å². The Kier molecular flexibility index (Phi) is 11.4. The molecule has 1 aromatic heterocycles. The SMILES string of the molecule is CC(=O)Nc1ccc(CCCc2ccc(C(=O)NC(CC(=O)O)C(=O)CSCc3ccccc3Cl)s2)cc1. The predicted molar refractivity (Wildman–Crippen MR) is 153 cm³/mol. The number of anilines is 1. The fourth-order valence-corrected chi connectivity index (χ4v) is 5.90. The number of hydrogen-bond donors (Lipinski definition) is 3. The quantitative estimate of drug-likeness (QED) is 0.231. The summed E-state index contributed by atoms with van der Waals surface area (Å²) in [4.78, 5) is 49.5. The summed E-state index contributed by atoms with van der Waals surface area (Å²) < 4.78 is 0. The minimum Gasteiger partial charge on any atom is -0.481 e. The van der Waals surface area contributed by atoms with Crippen LogP contribution in [0.15, 0.2) is 60.7 Å². The number of Topliss-reactive ketones (excluding diaryl/α,β-unsaturated/α-hetero) is 1. The first kappa shape index (κ1) is 29.4. The van der Waals surface area contributed by atoms with Gasteiger partial charge in [0.15, 0.2) is 5.78 Å². The summed E-state index contributed by atoms with van der Waals surface area (Å²) in [5.41, 5.74) is 2.80. The second kappa shape index (κ2) is 14.7. The van der Waals surface area contributed by atoms with Gasteiger partial charge in [-0.05, 0) is 60.7 Å². The minimum absolute atomic E-state index is 0.0605. The summed E-state index contributed by atoms with van der Waals surface area (Å²) in [6, 6.07) is 17.5. The third kappa shape index (κ3) is 9.63. The van der Waals surface area contributed by atoms with Gasteiger partial charge in [0.2, 0.25) is 5.91 Å². The number of carbonyl (C=O) groups excluding carboxylic acids is 3. The van der Waals surface area contributed by atoms with E-state index in [1.54, 1.807) is 12.1 Å². The monoisotopic (exact) mass is 572 g/mol. The number of thiophene rings is 1. The first-order valence-corrected chi connectivity index (χ1v) is 14.4. The molecule has 0 fully saturated rings. The van der Waals surface area contributed by atoms with Crippen LogP contribution in [-0.4, -0.2) is 40.5 Å². The standard InChI is InChI=1S/C28H29ClN2O5S2/c1-18(32)30-21-11-9-19(10-12-21)5-4-7-22-13-14-26(38-22)28(36)31-24(15-27(34)35)25(33)17-37-16-20-6-2-3-8-23(20)29/h2-3,6,8-14,24H,4-5,7,15-17H2,1H3,(H,30,32)(H,31,36)(H,34,35). The lowest BCUT2D eigenvalue weighted by Gasteiger charge is -2.15. The number of hydrogen-bond acceptors (Lipinski definition) is 6. The number of nitrogens with one attached hydrogen (secondary N) is 2. The third-order valence-corrected chi connectivity index (χ3v) is 8.10. The lowest BCUT2D eigenvalue weighted by atomic mass is 10.1. The average Bonchev–Trinajstić information content (AvgIpc) is 3.34. The molecule has 0 aliphatic rings. The normalized spacial score (nSPS) is 11.5. The molecular formula is C28H29ClN2O5S2. The number of halogens is 1. The van der Waals surface area contributed by atoms with Gasteiger partial charge in [-0.1, -0.05) is 41.9 Å². The van der Waals surface area contributed by atoms with E-state index >= 15 is 0 Å². The van der Waals surface area contributed by atoms with Crippen molar-refractivity contribution in [1.82, 2.24) is 5.32 Å². The molecule has 0 aliphatic heterocycles. The Hall–Kier alpha value is -3.14. The number of thioether (sulfide) groups is 1. The number of carboxylic acid groups (broad SMARTS) is 1. The van der Waals surface area contributed by atoms with Crippen LogP contribution in [0.1, 0.15) is 45.4 Å². The number of carboxylic acids is 1. The number of aryl methyl sites for hydroxylation is 2. The molecule has 0 saturated heterocycles. The van der Waals surface area contributed by atoms with Gasteiger partial charge in [0.25, 0.3) is 5.91 Å². The van der Waals surface area contributed by atoms with Gasteiger partial charge < -0.3 is 15.7 Å². The molecule has 0 aliphatic carbocycles. The zero-order chi connectivity index (χ0) is 27.5. The average molecular weight is 573 g/mol. The van der Waals surface area contributed by atoms with Crippen LogP contribution in [0, 0.1) is 0 Å². The Morgan fingerprint density at radius 3 is 2.42 bits per heavy atom. The summed E-state index contributed by atoms with van der Waals surface area (Å²) in [7, 11) is 0. The second-order valence-corrected chi connectivity index (χ2v) is 11.2. The fraction of sp³-hybridized carbons (Fsp3) is 0.286. The molecule has 10 heteroatoms. The molecule has 3 aromatic rings. The van der Waals surface area contributed by atoms with Crippen LogP contribution in [0.2, 0.25) is 5.02 Å². The van der Waals surface area contributed by atoms with Crippen molar-refractivity contribution in [2.45, 2.75) is 44.4 Å². The highest BCUT2D eigenvalue weighted by Gasteiger charge is 2.24. The van der Waals surface area contributed by atoms with Crippen LogP contribution in [0.3, 0.4) is 0 Å². The maximum absolute atomic E-state index is 12.8. The van der Waals surface area contributed by atoms with Crippen LogP contribution in [-0.2, 0) is 33.0 Å². The van der Waals surface area contributed by atoms with E-state index in [2.05, 4.69) is 10.6 Å². The van der Waals surface area contributed by atoms with Crippen LogP contribution in [0.25, 0.3) is 0 Å². The first-order valence-electron chi connectivity index (χ1n) is 12.0. The molecule has 1 unspecified atom stereocenters. The molecule has 3 N–H and O–H groups in total. The Bertz CT molecular complexity index is 1280. The Labute approximate surface area is 235 Å². The van der Waals surface area contributed by atoms with Gasteiger partial charge in [-0.2, -0.15) is 0 Å². The van der Waals surface area contributed by atoms with E-state index in [1.165, 1.54) is 30.0 Å². The number of carbonyl (C=O) groups is 4. The zero-order valence-corrected chi connectivity index (χ0v) is 23.3. The van der Waals surface area contributed by atoms with Crippen molar-refractivity contribution in [2.75, 3.05) is 11.1 Å². The molecule has 0 radical (unpaired) electrons. The van der Waals surface area contributed by atoms with Gasteiger partial charge in [-0.3, -0.25) is 19.2 Å². The number of benzene rings is 2. The number of amides is 2. The van der Waals surface area contributed by atoms with Crippen molar-refractivity contribution in [1.29, 1.82) is 0 Å². The van der Waals surface area contributed by atoms with Crippen LogP contribution in [0.5, 0.6) is 0 Å². The highest BCUT2D eigenvalue weighted by Crippen LogP contribution is 2.22. The van der Waals surface area contributed by atoms with Gasteiger partial charge in [-0.15, -0.1) is 23.1 Å². The lowest BCUT2D eigenvalue weighted by Crippen LogP contribution is -2.43. The Balaban J connectivity index is 1.49. The molecule has 7 nitrogen and oxygen atoms in total. The van der Waals surface area contributed by atoms with Crippen molar-refractivity contribution in [3.05, 3.63) is 86.6 Å². The summed E-state index contributed by atoms with van der Waals surface area (Å²) in [6.45, 7) is 1.47. The number of ketones is 1. The van der Waals surface area contributed by atoms with E-state index in [9.17, 15) is 24.3 Å². The van der Waals surface area contributed by atoms with Crippen molar-refractivity contribution in [3.63, 3.8) is 0 Å². The van der Waals surface area contributed by atoms with E-state index < -0.39 is 24.3 Å². The largest absolute Gasteiger partial charge is 0.481 e. The highest BCUT2D eigenvalue weighted by atomic mass is 35.5. The van der Waals surface area contributed by atoms with E-state index in [4.69, 9.17) is 11.6 Å². The molecule has 3 rings (SSSR count). The van der Waals surface area contributed by atoms with E-state index in [1.807, 2.05) is 48.5 Å². The van der Waals surface area contributed by atoms with Gasteiger partial charge in [0.05, 0.1) is 23.1 Å². The van der Waals surface area contributed by atoms with Crippen LogP contribution < -0.4 is 10.6 Å². The summed E-state index contributed by atoms with van der Waals surface area (Å²) in [5.74, 6) is -1.50. The van der Waals surface area contributed by atoms with Crippen molar-refractivity contribution in [2.24, 2.45) is 0 Å². The zero-order valence-electron chi connectivity index (χ0n) is 20.9. The van der Waals surface area contributed by atoms with Crippen LogP contribution in [0.4, 0.5) is 5.69 Å². The lowest BCUT2D eigenvalue weighted by molar-refractivity contribution is -0.139. The van der Waals surface area contributed by atoms with E-state index in [0.717, 1.165) is 41.0 Å². The van der Waals surface area contributed by atoms with Gasteiger partial charge in [0.1, 0.15) is 0 Å². The van der Waals surface area contributed by atoms with Crippen molar-refractivity contribution in [3.8, 4) is 0 Å². The molecule has 200 valence electrons. The maximum Gasteiger partial charge on any atom is 0.305 e. The number of aliphatic carboxylic acids is 1. The van der Waals surface area contributed by atoms with E-state index in [-0.39, 0.29) is 17.4 Å². The van der Waals surface area contributed by atoms with E-state index in [0.29, 0.717) is 15.7 Å². The third-order valence-electron chi connectivity index (χ3n) is 5.58. The van der Waals surface area contributed by atoms with Crippen molar-refractivity contribution < 1.29 is 24.3 Å². The molecule has 0 spiro atoms. The molecule has 2 aromatic carbocycles. The Morgan fingerprint density at radius 2 is 1.74 bits per heavy atom. The predicted octanol–water partition coefficient (Wildman–Crippen LogP) is 5.61. The second-order valence-electron chi connectivity index (χ2n) is 8.67. The first-order chi connectivity index (χ1) is 18.2. The molecule has 0 bridgehead atoms. The summed E-state index contributed by atoms with van der Waals surface area (Å²) in [6.07, 6.45) is 2.03. The molecule has 0 saturated carbocycles. The summed E-state index contributed by atoms with van der Waals surface area (Å²) >= 11 is 8.81. The molecule has 38 heavy (non-hydrogen) atoms. The van der Waals surface area contributed by atoms with Crippen LogP contribution >= 0.6 is 34.7 Å². The smallest absolute Gasteiger partial charge is 0.305 e. The number of rotatable bonds is 14. The minimum atomic E-state index is -1.16. The van der Waals surface area contributed by atoms with Gasteiger partial charge in [-0.25, -0.2) is 0 Å². The summed E-state index contributed by atoms with van der Waals surface area (Å²) in [5, 5.41) is 15.2.